The lowest BCUT2D eigenvalue weighted by Gasteiger charge is -2.28. The maximum atomic E-state index is 12.0. The molecule has 18 heavy (non-hydrogen) atoms. The summed E-state index contributed by atoms with van der Waals surface area (Å²) in [6.45, 7) is 7.78. The quantitative estimate of drug-likeness (QED) is 0.883. The van der Waals surface area contributed by atoms with Gasteiger partial charge in [0, 0.05) is 37.5 Å². The van der Waals surface area contributed by atoms with E-state index in [0.717, 1.165) is 38.3 Å². The largest absolute Gasteiger partial charge is 0.375 e. The normalized spacial score (nSPS) is 15.4. The third kappa shape index (κ3) is 2.81. The van der Waals surface area contributed by atoms with Crippen LogP contribution in [0.4, 0.5) is 5.13 Å². The fraction of sp³-hybridized carbons (Fsp3) is 0.667. The Balaban J connectivity index is 1.95. The highest BCUT2D eigenvalue weighted by atomic mass is 32.1. The number of carbonyl (C=O) groups excluding carboxylic acids is 1. The van der Waals surface area contributed by atoms with E-state index in [-0.39, 0.29) is 5.91 Å². The van der Waals surface area contributed by atoms with E-state index in [1.165, 1.54) is 4.88 Å². The predicted molar refractivity (Wildman–Crippen MR) is 73.4 cm³/mol. The molecule has 5 nitrogen and oxygen atoms in total. The van der Waals surface area contributed by atoms with Crippen LogP contribution in [-0.2, 0) is 17.8 Å². The van der Waals surface area contributed by atoms with Crippen LogP contribution in [0.2, 0.25) is 0 Å². The Morgan fingerprint density at radius 1 is 1.50 bits per heavy atom. The molecule has 0 aromatic carbocycles. The van der Waals surface area contributed by atoms with Gasteiger partial charge in [-0.1, -0.05) is 0 Å². The zero-order chi connectivity index (χ0) is 13.1. The van der Waals surface area contributed by atoms with Gasteiger partial charge in [-0.3, -0.25) is 9.69 Å². The summed E-state index contributed by atoms with van der Waals surface area (Å²) in [6.07, 6.45) is 0.897. The average Bonchev–Trinajstić information content (AvgIpc) is 2.70. The van der Waals surface area contributed by atoms with Crippen LogP contribution in [0.25, 0.3) is 0 Å². The van der Waals surface area contributed by atoms with Crippen molar-refractivity contribution in [1.82, 2.24) is 14.8 Å². The minimum atomic E-state index is 0.209. The number of hydrogen-bond donors (Lipinski definition) is 1. The Morgan fingerprint density at radius 3 is 2.89 bits per heavy atom. The highest BCUT2D eigenvalue weighted by molar-refractivity contribution is 7.15. The van der Waals surface area contributed by atoms with Crippen molar-refractivity contribution in [2.45, 2.75) is 26.8 Å². The molecule has 0 unspecified atom stereocenters. The van der Waals surface area contributed by atoms with Crippen LogP contribution in [0.3, 0.4) is 0 Å². The number of fused-ring (bicyclic) bond motifs is 1. The molecular weight excluding hydrogens is 248 g/mol. The molecular formula is C12H20N4OS. The number of hydrogen-bond acceptors (Lipinski definition) is 5. The first-order valence-corrected chi connectivity index (χ1v) is 7.19. The average molecular weight is 268 g/mol. The molecule has 6 heteroatoms. The molecule has 1 aromatic heterocycles. The Labute approximate surface area is 112 Å². The molecule has 0 fully saturated rings. The van der Waals surface area contributed by atoms with E-state index in [9.17, 15) is 4.79 Å². The molecule has 0 aliphatic carbocycles. The first kappa shape index (κ1) is 13.3. The van der Waals surface area contributed by atoms with Gasteiger partial charge in [0.2, 0.25) is 5.91 Å². The van der Waals surface area contributed by atoms with Crippen molar-refractivity contribution >= 4 is 22.4 Å². The molecule has 0 saturated heterocycles. The standard InChI is InChI=1S/C12H20N4OS/c1-3-16(4-2)11(17)8-15-6-5-9-10(7-15)18-12(13)14-9/h3-8H2,1-2H3,(H2,13,14). The van der Waals surface area contributed by atoms with Crippen molar-refractivity contribution in [3.8, 4) is 0 Å². The van der Waals surface area contributed by atoms with Crippen LogP contribution in [-0.4, -0.2) is 46.9 Å². The smallest absolute Gasteiger partial charge is 0.236 e. The second-order valence-electron chi connectivity index (χ2n) is 4.45. The van der Waals surface area contributed by atoms with Gasteiger partial charge < -0.3 is 10.6 Å². The van der Waals surface area contributed by atoms with E-state index in [1.54, 1.807) is 11.3 Å². The summed E-state index contributed by atoms with van der Waals surface area (Å²) in [5, 5.41) is 0.636. The molecule has 1 amide bonds. The number of rotatable bonds is 4. The second-order valence-corrected chi connectivity index (χ2v) is 5.56. The van der Waals surface area contributed by atoms with Crippen LogP contribution in [0, 0.1) is 0 Å². The van der Waals surface area contributed by atoms with Gasteiger partial charge in [-0.25, -0.2) is 4.98 Å². The van der Waals surface area contributed by atoms with E-state index in [4.69, 9.17) is 5.73 Å². The van der Waals surface area contributed by atoms with E-state index in [0.29, 0.717) is 11.7 Å². The summed E-state index contributed by atoms with van der Waals surface area (Å²) in [5.41, 5.74) is 6.82. The second kappa shape index (κ2) is 5.67. The van der Waals surface area contributed by atoms with Crippen LogP contribution in [0.15, 0.2) is 0 Å². The highest BCUT2D eigenvalue weighted by Crippen LogP contribution is 2.26. The fourth-order valence-corrected chi connectivity index (χ4v) is 3.19. The van der Waals surface area contributed by atoms with E-state index in [2.05, 4.69) is 9.88 Å². The molecule has 0 saturated carbocycles. The van der Waals surface area contributed by atoms with Gasteiger partial charge in [-0.05, 0) is 13.8 Å². The molecule has 2 heterocycles. The number of nitrogens with two attached hydrogens (primary N) is 1. The van der Waals surface area contributed by atoms with Crippen molar-refractivity contribution in [3.05, 3.63) is 10.6 Å². The molecule has 2 rings (SSSR count). The number of likely N-dealkylation sites (N-methyl/N-ethyl adjacent to an activating group) is 1. The topological polar surface area (TPSA) is 62.5 Å². The summed E-state index contributed by atoms with van der Waals surface area (Å²) in [5.74, 6) is 0.209. The minimum absolute atomic E-state index is 0.209. The van der Waals surface area contributed by atoms with Crippen LogP contribution in [0.5, 0.6) is 0 Å². The van der Waals surface area contributed by atoms with Crippen LogP contribution < -0.4 is 5.73 Å². The monoisotopic (exact) mass is 268 g/mol. The molecule has 0 bridgehead atoms. The van der Waals surface area contributed by atoms with Gasteiger partial charge >= 0.3 is 0 Å². The molecule has 100 valence electrons. The molecule has 1 aromatic rings. The van der Waals surface area contributed by atoms with Gasteiger partial charge in [0.25, 0.3) is 0 Å². The molecule has 1 aliphatic rings. The lowest BCUT2D eigenvalue weighted by Crippen LogP contribution is -2.41. The van der Waals surface area contributed by atoms with Gasteiger partial charge in [0.1, 0.15) is 0 Å². The van der Waals surface area contributed by atoms with Crippen LogP contribution in [0.1, 0.15) is 24.4 Å². The summed E-state index contributed by atoms with van der Waals surface area (Å²) >= 11 is 1.54. The minimum Gasteiger partial charge on any atom is -0.375 e. The summed E-state index contributed by atoms with van der Waals surface area (Å²) in [4.78, 5) is 21.6. The number of aromatic nitrogens is 1. The fourth-order valence-electron chi connectivity index (χ4n) is 2.27. The number of thiazole rings is 1. The van der Waals surface area contributed by atoms with Gasteiger partial charge in [-0.15, -0.1) is 11.3 Å². The Bertz CT molecular complexity index is 428. The molecule has 2 N–H and O–H groups in total. The third-order valence-corrected chi connectivity index (χ3v) is 4.21. The number of nitrogens with zero attached hydrogens (tertiary/aromatic N) is 3. The number of amides is 1. The van der Waals surface area contributed by atoms with E-state index in [1.807, 2.05) is 18.7 Å². The third-order valence-electron chi connectivity index (χ3n) is 3.30. The zero-order valence-corrected chi connectivity index (χ0v) is 11.8. The van der Waals surface area contributed by atoms with Gasteiger partial charge in [0.05, 0.1) is 12.2 Å². The maximum Gasteiger partial charge on any atom is 0.236 e. The summed E-state index contributed by atoms with van der Waals surface area (Å²) in [7, 11) is 0. The van der Waals surface area contributed by atoms with Crippen molar-refractivity contribution in [2.24, 2.45) is 0 Å². The molecule has 0 spiro atoms. The number of nitrogen functional groups attached to an aromatic ring is 1. The molecule has 1 aliphatic heterocycles. The first-order chi connectivity index (χ1) is 8.63. The molecule has 0 radical (unpaired) electrons. The SMILES string of the molecule is CCN(CC)C(=O)CN1CCc2nc(N)sc2C1. The van der Waals surface area contributed by atoms with E-state index >= 15 is 0 Å². The van der Waals surface area contributed by atoms with Gasteiger partial charge in [-0.2, -0.15) is 0 Å². The van der Waals surface area contributed by atoms with Crippen molar-refractivity contribution in [1.29, 1.82) is 0 Å². The maximum absolute atomic E-state index is 12.0. The summed E-state index contributed by atoms with van der Waals surface area (Å²) in [6, 6.07) is 0. The van der Waals surface area contributed by atoms with Crippen molar-refractivity contribution in [2.75, 3.05) is 31.9 Å². The Morgan fingerprint density at radius 2 is 2.22 bits per heavy atom. The van der Waals surface area contributed by atoms with Crippen LogP contribution >= 0.6 is 11.3 Å². The zero-order valence-electron chi connectivity index (χ0n) is 11.0. The number of carbonyl (C=O) groups is 1. The Kier molecular flexibility index (Phi) is 4.19. The first-order valence-electron chi connectivity index (χ1n) is 6.38. The molecule has 0 atom stereocenters. The number of anilines is 1. The van der Waals surface area contributed by atoms with Crippen molar-refractivity contribution in [3.63, 3.8) is 0 Å². The predicted octanol–water partition coefficient (Wildman–Crippen LogP) is 0.952. The lowest BCUT2D eigenvalue weighted by atomic mass is 10.2. The highest BCUT2D eigenvalue weighted by Gasteiger charge is 2.22. The Hall–Kier alpha value is -1.14. The van der Waals surface area contributed by atoms with Crippen molar-refractivity contribution < 1.29 is 4.79 Å². The van der Waals surface area contributed by atoms with Gasteiger partial charge in [0.15, 0.2) is 5.13 Å². The lowest BCUT2D eigenvalue weighted by molar-refractivity contribution is -0.132. The summed E-state index contributed by atoms with van der Waals surface area (Å²) < 4.78 is 0. The van der Waals surface area contributed by atoms with E-state index < -0.39 is 0 Å².